The maximum atomic E-state index is 5.64. The Morgan fingerprint density at radius 2 is 1.89 bits per heavy atom. The molecule has 2 aromatic rings. The second-order valence-electron chi connectivity index (χ2n) is 4.23. The molecule has 18 heavy (non-hydrogen) atoms. The van der Waals surface area contributed by atoms with Crippen LogP contribution in [0.2, 0.25) is 0 Å². The van der Waals surface area contributed by atoms with Crippen LogP contribution < -0.4 is 11.1 Å². The normalized spacial score (nSPS) is 10.1. The first kappa shape index (κ1) is 12.6. The molecule has 0 bridgehead atoms. The molecule has 0 spiro atoms. The lowest BCUT2D eigenvalue weighted by Crippen LogP contribution is -2.11. The Morgan fingerprint density at radius 1 is 1.17 bits per heavy atom. The minimum atomic E-state index is 0.446. The Kier molecular flexibility index (Phi) is 3.95. The molecule has 0 fully saturated rings. The molecule has 0 saturated heterocycles. The monoisotopic (exact) mass is 256 g/mol. The van der Waals surface area contributed by atoms with Crippen molar-refractivity contribution < 1.29 is 0 Å². The molecule has 0 saturated carbocycles. The van der Waals surface area contributed by atoms with Crippen LogP contribution in [0.1, 0.15) is 16.7 Å². The summed E-state index contributed by atoms with van der Waals surface area (Å²) in [6, 6.07) is 16.3. The quantitative estimate of drug-likeness (QED) is 0.825. The molecule has 0 aliphatic carbocycles. The molecule has 0 heterocycles. The maximum Gasteiger partial charge on any atom is 0.104 e. The number of anilines is 1. The Bertz CT molecular complexity index is 550. The van der Waals surface area contributed by atoms with E-state index in [2.05, 4.69) is 23.5 Å². The molecular formula is C15H16N2S. The predicted molar refractivity (Wildman–Crippen MR) is 80.8 cm³/mol. The highest BCUT2D eigenvalue weighted by Crippen LogP contribution is 2.16. The van der Waals surface area contributed by atoms with Gasteiger partial charge in [0.25, 0.3) is 0 Å². The summed E-state index contributed by atoms with van der Waals surface area (Å²) in [7, 11) is 0. The average molecular weight is 256 g/mol. The zero-order chi connectivity index (χ0) is 13.0. The van der Waals surface area contributed by atoms with Crippen molar-refractivity contribution in [2.24, 2.45) is 5.73 Å². The van der Waals surface area contributed by atoms with E-state index in [0.717, 1.165) is 23.4 Å². The van der Waals surface area contributed by atoms with Crippen molar-refractivity contribution in [3.63, 3.8) is 0 Å². The molecule has 0 atom stereocenters. The van der Waals surface area contributed by atoms with Gasteiger partial charge in [0.2, 0.25) is 0 Å². The Balaban J connectivity index is 2.07. The number of hydrogen-bond acceptors (Lipinski definition) is 2. The SMILES string of the molecule is Cc1cc(NCc2ccccc2)ccc1C(N)=S. The zero-order valence-corrected chi connectivity index (χ0v) is 11.1. The van der Waals surface area contributed by atoms with E-state index in [4.69, 9.17) is 18.0 Å². The summed E-state index contributed by atoms with van der Waals surface area (Å²) < 4.78 is 0. The molecule has 92 valence electrons. The molecule has 0 aliphatic heterocycles. The molecule has 2 rings (SSSR count). The molecule has 0 aromatic heterocycles. The van der Waals surface area contributed by atoms with Gasteiger partial charge < -0.3 is 11.1 Å². The number of nitrogens with one attached hydrogen (secondary N) is 1. The van der Waals surface area contributed by atoms with Crippen LogP contribution in [-0.4, -0.2) is 4.99 Å². The van der Waals surface area contributed by atoms with E-state index >= 15 is 0 Å². The van der Waals surface area contributed by atoms with Crippen LogP contribution in [0, 0.1) is 6.92 Å². The van der Waals surface area contributed by atoms with Gasteiger partial charge in [-0.2, -0.15) is 0 Å². The van der Waals surface area contributed by atoms with Gasteiger partial charge in [0.1, 0.15) is 4.99 Å². The molecule has 0 radical (unpaired) electrons. The Labute approximate surface area is 113 Å². The second kappa shape index (κ2) is 5.65. The molecule has 0 unspecified atom stereocenters. The summed E-state index contributed by atoms with van der Waals surface area (Å²) in [5.74, 6) is 0. The smallest absolute Gasteiger partial charge is 0.104 e. The minimum absolute atomic E-state index is 0.446. The van der Waals surface area contributed by atoms with Crippen LogP contribution in [0.15, 0.2) is 48.5 Å². The van der Waals surface area contributed by atoms with Crippen molar-refractivity contribution in [2.75, 3.05) is 5.32 Å². The highest BCUT2D eigenvalue weighted by Gasteiger charge is 2.02. The van der Waals surface area contributed by atoms with Crippen LogP contribution in [-0.2, 0) is 6.54 Å². The van der Waals surface area contributed by atoms with E-state index in [1.165, 1.54) is 5.56 Å². The minimum Gasteiger partial charge on any atom is -0.389 e. The number of benzene rings is 2. The van der Waals surface area contributed by atoms with E-state index in [0.29, 0.717) is 4.99 Å². The zero-order valence-electron chi connectivity index (χ0n) is 10.3. The van der Waals surface area contributed by atoms with Crippen molar-refractivity contribution in [3.05, 3.63) is 65.2 Å². The van der Waals surface area contributed by atoms with Gasteiger partial charge in [-0.15, -0.1) is 0 Å². The van der Waals surface area contributed by atoms with Gasteiger partial charge in [-0.25, -0.2) is 0 Å². The van der Waals surface area contributed by atoms with E-state index in [-0.39, 0.29) is 0 Å². The van der Waals surface area contributed by atoms with E-state index in [1.54, 1.807) is 0 Å². The molecular weight excluding hydrogens is 240 g/mol. The molecule has 0 amide bonds. The first-order chi connectivity index (χ1) is 8.66. The standard InChI is InChI=1S/C15H16N2S/c1-11-9-13(7-8-14(11)15(16)18)17-10-12-5-3-2-4-6-12/h2-9,17H,10H2,1H3,(H2,16,18). The summed E-state index contributed by atoms with van der Waals surface area (Å²) in [4.78, 5) is 0.446. The largest absolute Gasteiger partial charge is 0.389 e. The van der Waals surface area contributed by atoms with Gasteiger partial charge in [0.15, 0.2) is 0 Å². The molecule has 3 heteroatoms. The van der Waals surface area contributed by atoms with E-state index in [1.807, 2.05) is 37.3 Å². The molecule has 3 N–H and O–H groups in total. The fourth-order valence-corrected chi connectivity index (χ4v) is 2.08. The van der Waals surface area contributed by atoms with Gasteiger partial charge in [0, 0.05) is 17.8 Å². The van der Waals surface area contributed by atoms with Crippen LogP contribution in [0.3, 0.4) is 0 Å². The first-order valence-corrected chi connectivity index (χ1v) is 6.26. The van der Waals surface area contributed by atoms with Crippen molar-refractivity contribution in [2.45, 2.75) is 13.5 Å². The number of rotatable bonds is 4. The van der Waals surface area contributed by atoms with Crippen LogP contribution in [0.5, 0.6) is 0 Å². The molecule has 0 aliphatic rings. The lowest BCUT2D eigenvalue weighted by molar-refractivity contribution is 1.15. The molecule has 2 nitrogen and oxygen atoms in total. The van der Waals surface area contributed by atoms with Crippen molar-refractivity contribution in [1.29, 1.82) is 0 Å². The van der Waals surface area contributed by atoms with Gasteiger partial charge in [-0.1, -0.05) is 42.5 Å². The van der Waals surface area contributed by atoms with Gasteiger partial charge in [-0.3, -0.25) is 0 Å². The summed E-state index contributed by atoms with van der Waals surface area (Å²) >= 11 is 4.99. The highest BCUT2D eigenvalue weighted by molar-refractivity contribution is 7.80. The Hall–Kier alpha value is -1.87. The van der Waals surface area contributed by atoms with Gasteiger partial charge >= 0.3 is 0 Å². The highest BCUT2D eigenvalue weighted by atomic mass is 32.1. The van der Waals surface area contributed by atoms with Gasteiger partial charge in [0.05, 0.1) is 0 Å². The number of aryl methyl sites for hydroxylation is 1. The summed E-state index contributed by atoms with van der Waals surface area (Å²) in [5.41, 5.74) is 10.0. The van der Waals surface area contributed by atoms with E-state index in [9.17, 15) is 0 Å². The fourth-order valence-electron chi connectivity index (χ4n) is 1.85. The lowest BCUT2D eigenvalue weighted by atomic mass is 10.1. The second-order valence-corrected chi connectivity index (χ2v) is 4.67. The average Bonchev–Trinajstić information content (AvgIpc) is 2.37. The van der Waals surface area contributed by atoms with Gasteiger partial charge in [-0.05, 0) is 36.2 Å². The third-order valence-corrected chi connectivity index (χ3v) is 3.05. The topological polar surface area (TPSA) is 38.0 Å². The fraction of sp³-hybridized carbons (Fsp3) is 0.133. The van der Waals surface area contributed by atoms with Crippen LogP contribution >= 0.6 is 12.2 Å². The van der Waals surface area contributed by atoms with Crippen molar-refractivity contribution >= 4 is 22.9 Å². The maximum absolute atomic E-state index is 5.64. The lowest BCUT2D eigenvalue weighted by Gasteiger charge is -2.10. The summed E-state index contributed by atoms with van der Waals surface area (Å²) in [6.45, 7) is 2.83. The number of hydrogen-bond donors (Lipinski definition) is 2. The molecule has 2 aromatic carbocycles. The number of nitrogens with two attached hydrogens (primary N) is 1. The van der Waals surface area contributed by atoms with Crippen LogP contribution in [0.4, 0.5) is 5.69 Å². The third kappa shape index (κ3) is 3.08. The van der Waals surface area contributed by atoms with Crippen LogP contribution in [0.25, 0.3) is 0 Å². The van der Waals surface area contributed by atoms with Crippen molar-refractivity contribution in [1.82, 2.24) is 0 Å². The summed E-state index contributed by atoms with van der Waals surface area (Å²) in [6.07, 6.45) is 0. The predicted octanol–water partition coefficient (Wildman–Crippen LogP) is 3.24. The summed E-state index contributed by atoms with van der Waals surface area (Å²) in [5, 5.41) is 3.38. The van der Waals surface area contributed by atoms with E-state index < -0.39 is 0 Å². The first-order valence-electron chi connectivity index (χ1n) is 5.85. The van der Waals surface area contributed by atoms with Crippen molar-refractivity contribution in [3.8, 4) is 0 Å². The third-order valence-electron chi connectivity index (χ3n) is 2.83. The number of thiocarbonyl (C=S) groups is 1. The Morgan fingerprint density at radius 3 is 2.50 bits per heavy atom.